The third-order valence-corrected chi connectivity index (χ3v) is 5.33. The molecule has 1 aliphatic rings. The fourth-order valence-electron chi connectivity index (χ4n) is 3.58. The van der Waals surface area contributed by atoms with Crippen LogP contribution in [0.25, 0.3) is 0 Å². The second-order valence-corrected chi connectivity index (χ2v) is 7.66. The van der Waals surface area contributed by atoms with E-state index in [9.17, 15) is 9.59 Å². The molecule has 0 bridgehead atoms. The summed E-state index contributed by atoms with van der Waals surface area (Å²) in [5.41, 5.74) is 5.93. The average Bonchev–Trinajstić information content (AvgIpc) is 2.80. The van der Waals surface area contributed by atoms with E-state index in [2.05, 4.69) is 24.4 Å². The Kier molecular flexibility index (Phi) is 13.2. The molecule has 1 aliphatic heterocycles. The van der Waals surface area contributed by atoms with Crippen LogP contribution in [0.3, 0.4) is 0 Å². The molecule has 3 N–H and O–H groups in total. The molecule has 150 valence electrons. The molecule has 4 heteroatoms. The van der Waals surface area contributed by atoms with Crippen molar-refractivity contribution in [2.45, 2.75) is 103 Å². The maximum Gasteiger partial charge on any atom is 0.237 e. The Morgan fingerprint density at radius 2 is 1.65 bits per heavy atom. The predicted octanol–water partition coefficient (Wildman–Crippen LogP) is 4.67. The van der Waals surface area contributed by atoms with Crippen LogP contribution in [0.2, 0.25) is 0 Å². The molecule has 4 nitrogen and oxygen atoms in total. The van der Waals surface area contributed by atoms with E-state index in [0.717, 1.165) is 25.7 Å². The predicted molar refractivity (Wildman–Crippen MR) is 109 cm³/mol. The molecule has 1 heterocycles. The molecule has 26 heavy (non-hydrogen) atoms. The Morgan fingerprint density at radius 1 is 1.04 bits per heavy atom. The van der Waals surface area contributed by atoms with Crippen LogP contribution in [-0.4, -0.2) is 24.3 Å². The molecule has 0 aromatic heterocycles. The molecule has 0 spiro atoms. The first kappa shape index (κ1) is 22.9. The first-order chi connectivity index (χ1) is 12.7. The molecule has 0 aromatic carbocycles. The molecule has 2 atom stereocenters. The summed E-state index contributed by atoms with van der Waals surface area (Å²) in [6.45, 7) is 2.89. The number of hydrogen-bond acceptors (Lipinski definition) is 3. The van der Waals surface area contributed by atoms with E-state index in [-0.39, 0.29) is 17.6 Å². The van der Waals surface area contributed by atoms with Crippen molar-refractivity contribution >= 4 is 11.7 Å². The van der Waals surface area contributed by atoms with E-state index < -0.39 is 6.04 Å². The van der Waals surface area contributed by atoms with Crippen molar-refractivity contribution in [3.05, 3.63) is 12.2 Å². The van der Waals surface area contributed by atoms with Crippen molar-refractivity contribution < 1.29 is 9.59 Å². The lowest BCUT2D eigenvalue weighted by molar-refractivity contribution is -0.129. The number of carbonyl (C=O) groups excluding carboxylic acids is 2. The summed E-state index contributed by atoms with van der Waals surface area (Å²) >= 11 is 0. The highest BCUT2D eigenvalue weighted by atomic mass is 16.2. The first-order valence-electron chi connectivity index (χ1n) is 10.9. The Hall–Kier alpha value is -1.16. The first-order valence-corrected chi connectivity index (χ1v) is 10.9. The number of unbranched alkanes of at least 4 members (excludes halogenated alkanes) is 9. The molecule has 0 aliphatic carbocycles. The van der Waals surface area contributed by atoms with Gasteiger partial charge in [0, 0.05) is 18.9 Å². The summed E-state index contributed by atoms with van der Waals surface area (Å²) in [4.78, 5) is 24.1. The van der Waals surface area contributed by atoms with E-state index >= 15 is 0 Å². The van der Waals surface area contributed by atoms with E-state index in [0.29, 0.717) is 13.0 Å². The minimum atomic E-state index is -0.654. The van der Waals surface area contributed by atoms with Crippen LogP contribution < -0.4 is 11.1 Å². The highest BCUT2D eigenvalue weighted by molar-refractivity contribution is 5.91. The van der Waals surface area contributed by atoms with Gasteiger partial charge in [-0.2, -0.15) is 0 Å². The standard InChI is InChI=1S/C22H40N2O2/c1-2-3-4-5-6-7-8-9-10-11-12-13-14-17-20(25)19-16-15-18-24-22(26)21(19)23/h7-8,19,21H,2-6,9-18,23H2,1H3,(H,24,26)/b8-7-/t19?,21-/m0/s1. The van der Waals surface area contributed by atoms with Crippen molar-refractivity contribution in [1.82, 2.24) is 5.32 Å². The molecule has 0 saturated carbocycles. The van der Waals surface area contributed by atoms with Gasteiger partial charge in [-0.25, -0.2) is 0 Å². The lowest BCUT2D eigenvalue weighted by atomic mass is 9.89. The van der Waals surface area contributed by atoms with Crippen LogP contribution in [0.4, 0.5) is 0 Å². The van der Waals surface area contributed by atoms with Crippen LogP contribution >= 0.6 is 0 Å². The Bertz CT molecular complexity index is 420. The molecular weight excluding hydrogens is 324 g/mol. The van der Waals surface area contributed by atoms with Crippen molar-refractivity contribution in [1.29, 1.82) is 0 Å². The van der Waals surface area contributed by atoms with Crippen LogP contribution in [0.5, 0.6) is 0 Å². The van der Waals surface area contributed by atoms with Crippen molar-refractivity contribution in [3.63, 3.8) is 0 Å². The summed E-state index contributed by atoms with van der Waals surface area (Å²) in [5.74, 6) is -0.264. The maximum atomic E-state index is 12.3. The molecular formula is C22H40N2O2. The number of Topliss-reactive ketones (excluding diaryl/α,β-unsaturated/α-hetero) is 1. The van der Waals surface area contributed by atoms with Crippen LogP contribution in [0, 0.1) is 5.92 Å². The summed E-state index contributed by atoms with van der Waals surface area (Å²) in [7, 11) is 0. The molecule has 1 fully saturated rings. The zero-order valence-corrected chi connectivity index (χ0v) is 16.8. The second-order valence-electron chi connectivity index (χ2n) is 7.66. The molecule has 1 amide bonds. The smallest absolute Gasteiger partial charge is 0.237 e. The van der Waals surface area contributed by atoms with Gasteiger partial charge in [0.2, 0.25) is 5.91 Å². The van der Waals surface area contributed by atoms with Gasteiger partial charge in [0.15, 0.2) is 0 Å². The van der Waals surface area contributed by atoms with Crippen molar-refractivity contribution in [2.24, 2.45) is 11.7 Å². The van der Waals surface area contributed by atoms with Gasteiger partial charge in [-0.3, -0.25) is 9.59 Å². The summed E-state index contributed by atoms with van der Waals surface area (Å²) in [6.07, 6.45) is 20.3. The summed E-state index contributed by atoms with van der Waals surface area (Å²) in [6, 6.07) is -0.654. The Labute approximate surface area is 160 Å². The molecule has 0 radical (unpaired) electrons. The van der Waals surface area contributed by atoms with Crippen LogP contribution in [-0.2, 0) is 9.59 Å². The number of ketones is 1. The Balaban J connectivity index is 1.99. The maximum absolute atomic E-state index is 12.3. The SMILES string of the molecule is CCCCCC/C=C\CCCCCCCC(=O)C1CCCNC(=O)[C@H]1N. The highest BCUT2D eigenvalue weighted by Gasteiger charge is 2.31. The quantitative estimate of drug-likeness (QED) is 0.347. The van der Waals surface area contributed by atoms with Gasteiger partial charge in [0.1, 0.15) is 5.78 Å². The number of amides is 1. The van der Waals surface area contributed by atoms with Crippen LogP contribution in [0.1, 0.15) is 96.8 Å². The number of allylic oxidation sites excluding steroid dienone is 2. The molecule has 0 aromatic rings. The Morgan fingerprint density at radius 3 is 2.35 bits per heavy atom. The van der Waals surface area contributed by atoms with Gasteiger partial charge >= 0.3 is 0 Å². The molecule has 1 rings (SSSR count). The van der Waals surface area contributed by atoms with E-state index in [1.807, 2.05) is 0 Å². The number of carbonyl (C=O) groups is 2. The number of rotatable bonds is 14. The molecule has 1 saturated heterocycles. The number of nitrogens with one attached hydrogen (secondary N) is 1. The number of nitrogens with two attached hydrogens (primary N) is 1. The average molecular weight is 365 g/mol. The highest BCUT2D eigenvalue weighted by Crippen LogP contribution is 2.18. The normalized spacial score (nSPS) is 20.9. The van der Waals surface area contributed by atoms with Gasteiger partial charge in [0.25, 0.3) is 0 Å². The largest absolute Gasteiger partial charge is 0.355 e. The minimum absolute atomic E-state index is 0.167. The lowest BCUT2D eigenvalue weighted by Gasteiger charge is -2.18. The summed E-state index contributed by atoms with van der Waals surface area (Å²) in [5, 5.41) is 2.77. The topological polar surface area (TPSA) is 72.2 Å². The monoisotopic (exact) mass is 364 g/mol. The zero-order valence-electron chi connectivity index (χ0n) is 16.8. The van der Waals surface area contributed by atoms with Gasteiger partial charge in [-0.15, -0.1) is 0 Å². The van der Waals surface area contributed by atoms with Gasteiger partial charge < -0.3 is 11.1 Å². The third kappa shape index (κ3) is 10.1. The van der Waals surface area contributed by atoms with Crippen LogP contribution in [0.15, 0.2) is 12.2 Å². The van der Waals surface area contributed by atoms with Gasteiger partial charge in [-0.1, -0.05) is 57.6 Å². The number of hydrogen-bond donors (Lipinski definition) is 2. The molecule has 1 unspecified atom stereocenters. The van der Waals surface area contributed by atoms with E-state index in [4.69, 9.17) is 5.73 Å². The van der Waals surface area contributed by atoms with Gasteiger partial charge in [0.05, 0.1) is 6.04 Å². The zero-order chi connectivity index (χ0) is 19.0. The fourth-order valence-corrected chi connectivity index (χ4v) is 3.58. The minimum Gasteiger partial charge on any atom is -0.355 e. The fraction of sp³-hybridized carbons (Fsp3) is 0.818. The summed E-state index contributed by atoms with van der Waals surface area (Å²) < 4.78 is 0. The second kappa shape index (κ2) is 15.0. The van der Waals surface area contributed by atoms with Gasteiger partial charge in [-0.05, 0) is 44.9 Å². The van der Waals surface area contributed by atoms with E-state index in [1.165, 1.54) is 57.8 Å². The van der Waals surface area contributed by atoms with Crippen molar-refractivity contribution in [2.75, 3.05) is 6.54 Å². The third-order valence-electron chi connectivity index (χ3n) is 5.33. The van der Waals surface area contributed by atoms with Crippen molar-refractivity contribution in [3.8, 4) is 0 Å². The lowest BCUT2D eigenvalue weighted by Crippen LogP contribution is -2.45. The van der Waals surface area contributed by atoms with E-state index in [1.54, 1.807) is 0 Å².